The Morgan fingerprint density at radius 3 is 3.08 bits per heavy atom. The first kappa shape index (κ1) is 14.6. The van der Waals surface area contributed by atoms with Crippen LogP contribution in [0, 0.1) is 0 Å². The normalized spacial score (nSPS) is 12.8. The van der Waals surface area contributed by atoms with E-state index in [-0.39, 0.29) is 5.91 Å². The number of nitrogens with zero attached hydrogens (tertiary/aromatic N) is 4. The second-order valence-corrected chi connectivity index (χ2v) is 5.98. The van der Waals surface area contributed by atoms with Gasteiger partial charge in [-0.3, -0.25) is 9.79 Å². The van der Waals surface area contributed by atoms with Crippen LogP contribution in [0.3, 0.4) is 0 Å². The topological polar surface area (TPSA) is 84.8 Å². The molecule has 26 heavy (non-hydrogen) atoms. The van der Waals surface area contributed by atoms with Gasteiger partial charge < -0.3 is 9.73 Å². The number of hydrogen-bond acceptors (Lipinski definition) is 5. The van der Waals surface area contributed by atoms with Crippen molar-refractivity contribution in [3.05, 3.63) is 83.7 Å². The van der Waals surface area contributed by atoms with Gasteiger partial charge in [-0.2, -0.15) is 5.10 Å². The zero-order valence-corrected chi connectivity index (χ0v) is 13.6. The van der Waals surface area contributed by atoms with Crippen molar-refractivity contribution in [3.8, 4) is 0 Å². The molecule has 5 rings (SSSR count). The fourth-order valence-corrected chi connectivity index (χ4v) is 3.04. The number of amides is 1. The molecule has 0 aliphatic carbocycles. The van der Waals surface area contributed by atoms with Crippen molar-refractivity contribution in [1.29, 1.82) is 0 Å². The fourth-order valence-electron chi connectivity index (χ4n) is 3.04. The summed E-state index contributed by atoms with van der Waals surface area (Å²) in [6.45, 7) is 0.629. The lowest BCUT2D eigenvalue weighted by Gasteiger charge is -2.08. The van der Waals surface area contributed by atoms with Gasteiger partial charge >= 0.3 is 0 Å². The minimum atomic E-state index is -0.241. The van der Waals surface area contributed by atoms with Gasteiger partial charge in [0.25, 0.3) is 5.91 Å². The first-order chi connectivity index (χ1) is 12.8. The molecule has 4 heterocycles. The maximum atomic E-state index is 12.6. The summed E-state index contributed by atoms with van der Waals surface area (Å²) in [5.74, 6) is -0.241. The molecular weight excluding hydrogens is 330 g/mol. The lowest BCUT2D eigenvalue weighted by molar-refractivity contribution is 0.102. The van der Waals surface area contributed by atoms with Crippen LogP contribution < -0.4 is 5.32 Å². The van der Waals surface area contributed by atoms with Crippen LogP contribution in [-0.4, -0.2) is 26.2 Å². The molecule has 0 atom stereocenters. The molecule has 1 N–H and O–H groups in total. The number of aliphatic imine (C=N–C) groups is 1. The van der Waals surface area contributed by atoms with Crippen LogP contribution in [0.2, 0.25) is 0 Å². The predicted molar refractivity (Wildman–Crippen MR) is 95.4 cm³/mol. The van der Waals surface area contributed by atoms with Crippen molar-refractivity contribution >= 4 is 23.0 Å². The van der Waals surface area contributed by atoms with E-state index in [1.807, 2.05) is 24.3 Å². The largest absolute Gasteiger partial charge is 0.472 e. The highest BCUT2D eigenvalue weighted by atomic mass is 16.3. The van der Waals surface area contributed by atoms with Crippen molar-refractivity contribution in [2.24, 2.45) is 4.99 Å². The molecular formula is C19H13N5O2. The summed E-state index contributed by atoms with van der Waals surface area (Å²) >= 11 is 0. The summed E-state index contributed by atoms with van der Waals surface area (Å²) in [6, 6.07) is 9.45. The van der Waals surface area contributed by atoms with Crippen LogP contribution >= 0.6 is 0 Å². The third-order valence-electron chi connectivity index (χ3n) is 4.33. The van der Waals surface area contributed by atoms with Gasteiger partial charge in [0.2, 0.25) is 0 Å². The second kappa shape index (κ2) is 5.66. The molecule has 7 heteroatoms. The molecule has 0 bridgehead atoms. The van der Waals surface area contributed by atoms with E-state index in [0.29, 0.717) is 23.4 Å². The van der Waals surface area contributed by atoms with Crippen molar-refractivity contribution in [2.75, 3.05) is 5.32 Å². The van der Waals surface area contributed by atoms with Crippen LogP contribution in [0.15, 0.2) is 70.9 Å². The van der Waals surface area contributed by atoms with Gasteiger partial charge in [-0.05, 0) is 23.8 Å². The van der Waals surface area contributed by atoms with E-state index in [9.17, 15) is 4.79 Å². The number of carbonyl (C=O) groups excluding carboxylic acids is 1. The Labute approximate surface area is 148 Å². The second-order valence-electron chi connectivity index (χ2n) is 5.98. The van der Waals surface area contributed by atoms with Crippen LogP contribution in [0.25, 0.3) is 5.65 Å². The monoisotopic (exact) mass is 343 g/mol. The van der Waals surface area contributed by atoms with E-state index in [1.54, 1.807) is 35.5 Å². The van der Waals surface area contributed by atoms with Crippen LogP contribution in [0.1, 0.15) is 27.0 Å². The van der Waals surface area contributed by atoms with Crippen molar-refractivity contribution < 1.29 is 9.21 Å². The molecule has 0 radical (unpaired) electrons. The standard InChI is InChI=1S/C19H13N5O2/c25-19(14-9-20-17-3-5-22-24(17)10-14)23-15-2-1-12-8-21-18(16(12)7-15)13-4-6-26-11-13/h1-7,9-11H,8H2,(H,23,25). The average Bonchev–Trinajstić information content (AvgIpc) is 3.40. The van der Waals surface area contributed by atoms with Crippen LogP contribution in [0.4, 0.5) is 5.69 Å². The lowest BCUT2D eigenvalue weighted by Crippen LogP contribution is -2.14. The Kier molecular flexibility index (Phi) is 3.18. The number of fused-ring (bicyclic) bond motifs is 2. The molecule has 1 aromatic carbocycles. The molecule has 0 unspecified atom stereocenters. The predicted octanol–water partition coefficient (Wildman–Crippen LogP) is 2.93. The number of benzene rings is 1. The van der Waals surface area contributed by atoms with E-state index in [4.69, 9.17) is 4.42 Å². The summed E-state index contributed by atoms with van der Waals surface area (Å²) in [4.78, 5) is 21.3. The summed E-state index contributed by atoms with van der Waals surface area (Å²) in [6.07, 6.45) is 8.13. The maximum Gasteiger partial charge on any atom is 0.258 e. The van der Waals surface area contributed by atoms with Crippen LogP contribution in [-0.2, 0) is 6.54 Å². The average molecular weight is 343 g/mol. The summed E-state index contributed by atoms with van der Waals surface area (Å²) in [5.41, 5.74) is 5.77. The van der Waals surface area contributed by atoms with Crippen molar-refractivity contribution in [1.82, 2.24) is 14.6 Å². The third-order valence-corrected chi connectivity index (χ3v) is 4.33. The van der Waals surface area contributed by atoms with Gasteiger partial charge in [0.05, 0.1) is 36.5 Å². The molecule has 0 saturated carbocycles. The van der Waals surface area contributed by atoms with Gasteiger partial charge in [0.15, 0.2) is 5.65 Å². The van der Waals surface area contributed by atoms with E-state index in [2.05, 4.69) is 20.4 Å². The summed E-state index contributed by atoms with van der Waals surface area (Å²) < 4.78 is 6.73. The number of carbonyl (C=O) groups is 1. The van der Waals surface area contributed by atoms with Crippen LogP contribution in [0.5, 0.6) is 0 Å². The first-order valence-corrected chi connectivity index (χ1v) is 8.09. The summed E-state index contributed by atoms with van der Waals surface area (Å²) in [7, 11) is 0. The molecule has 4 aromatic rings. The molecule has 0 saturated heterocycles. The zero-order chi connectivity index (χ0) is 17.5. The number of aromatic nitrogens is 3. The van der Waals surface area contributed by atoms with Gasteiger partial charge in [-0.25, -0.2) is 9.50 Å². The minimum absolute atomic E-state index is 0.241. The smallest absolute Gasteiger partial charge is 0.258 e. The lowest BCUT2D eigenvalue weighted by atomic mass is 10.0. The molecule has 7 nitrogen and oxygen atoms in total. The van der Waals surface area contributed by atoms with Gasteiger partial charge in [-0.15, -0.1) is 0 Å². The molecule has 1 aliphatic heterocycles. The highest BCUT2D eigenvalue weighted by molar-refractivity contribution is 6.15. The Hall–Kier alpha value is -3.74. The number of furan rings is 1. The van der Waals surface area contributed by atoms with E-state index in [0.717, 1.165) is 22.4 Å². The van der Waals surface area contributed by atoms with Gasteiger partial charge in [0.1, 0.15) is 0 Å². The molecule has 1 amide bonds. The van der Waals surface area contributed by atoms with E-state index in [1.165, 1.54) is 6.20 Å². The molecule has 3 aromatic heterocycles. The SMILES string of the molecule is O=C(Nc1ccc2c(c1)C(c1ccoc1)=NC2)c1cnc2ccnn2c1. The van der Waals surface area contributed by atoms with Crippen molar-refractivity contribution in [3.63, 3.8) is 0 Å². The van der Waals surface area contributed by atoms with E-state index < -0.39 is 0 Å². The Bertz CT molecular complexity index is 1160. The molecule has 0 fully saturated rings. The number of rotatable bonds is 3. The quantitative estimate of drug-likeness (QED) is 0.620. The maximum absolute atomic E-state index is 12.6. The Morgan fingerprint density at radius 1 is 1.23 bits per heavy atom. The number of anilines is 1. The molecule has 0 spiro atoms. The van der Waals surface area contributed by atoms with Gasteiger partial charge in [-0.1, -0.05) is 6.07 Å². The van der Waals surface area contributed by atoms with E-state index >= 15 is 0 Å². The number of nitrogens with one attached hydrogen (secondary N) is 1. The number of hydrogen-bond donors (Lipinski definition) is 1. The van der Waals surface area contributed by atoms with Gasteiger partial charge in [0, 0.05) is 35.3 Å². The highest BCUT2D eigenvalue weighted by Crippen LogP contribution is 2.26. The Morgan fingerprint density at radius 2 is 2.19 bits per heavy atom. The Balaban J connectivity index is 1.43. The highest BCUT2D eigenvalue weighted by Gasteiger charge is 2.19. The minimum Gasteiger partial charge on any atom is -0.472 e. The fraction of sp³-hybridized carbons (Fsp3) is 0.0526. The summed E-state index contributed by atoms with van der Waals surface area (Å²) in [5, 5.41) is 7.02. The first-order valence-electron chi connectivity index (χ1n) is 8.09. The zero-order valence-electron chi connectivity index (χ0n) is 13.6. The molecule has 126 valence electrons. The molecule has 1 aliphatic rings. The van der Waals surface area contributed by atoms with Crippen molar-refractivity contribution in [2.45, 2.75) is 6.54 Å². The third kappa shape index (κ3) is 2.37.